The van der Waals surface area contributed by atoms with E-state index in [4.69, 9.17) is 15.0 Å². The fourth-order valence-electron chi connectivity index (χ4n) is 2.11. The summed E-state index contributed by atoms with van der Waals surface area (Å²) in [6, 6.07) is 6.69. The van der Waals surface area contributed by atoms with Crippen LogP contribution >= 0.6 is 0 Å². The summed E-state index contributed by atoms with van der Waals surface area (Å²) < 4.78 is 24.3. The van der Waals surface area contributed by atoms with Crippen molar-refractivity contribution in [1.82, 2.24) is 5.43 Å². The number of furan rings is 1. The van der Waals surface area contributed by atoms with Crippen LogP contribution in [-0.2, 0) is 6.42 Å². The average molecular weight is 264 g/mol. The third kappa shape index (κ3) is 2.77. The molecule has 3 N–H and O–H groups in total. The van der Waals surface area contributed by atoms with Gasteiger partial charge in [0, 0.05) is 5.56 Å². The van der Waals surface area contributed by atoms with Crippen LogP contribution in [0.1, 0.15) is 22.9 Å². The molecule has 19 heavy (non-hydrogen) atoms. The first kappa shape index (κ1) is 13.6. The number of nitrogens with two attached hydrogens (primary N) is 1. The second kappa shape index (κ2) is 5.86. The molecule has 4 nitrogen and oxygen atoms in total. The van der Waals surface area contributed by atoms with Crippen molar-refractivity contribution in [3.05, 3.63) is 53.2 Å². The second-order valence-corrected chi connectivity index (χ2v) is 4.29. The molecule has 1 aromatic heterocycles. The van der Waals surface area contributed by atoms with Gasteiger partial charge in [0.2, 0.25) is 0 Å². The van der Waals surface area contributed by atoms with Crippen molar-refractivity contribution in [2.24, 2.45) is 5.84 Å². The molecule has 0 radical (unpaired) electrons. The minimum atomic E-state index is -0.355. The lowest BCUT2D eigenvalue weighted by Gasteiger charge is -2.16. The molecule has 0 fully saturated rings. The molecule has 1 unspecified atom stereocenters. The van der Waals surface area contributed by atoms with Crippen molar-refractivity contribution in [3.63, 3.8) is 0 Å². The Bertz CT molecular complexity index is 554. The summed E-state index contributed by atoms with van der Waals surface area (Å²) in [7, 11) is 1.45. The van der Waals surface area contributed by atoms with E-state index in [-0.39, 0.29) is 17.6 Å². The van der Waals surface area contributed by atoms with E-state index in [2.05, 4.69) is 5.43 Å². The van der Waals surface area contributed by atoms with Crippen LogP contribution in [0, 0.1) is 12.7 Å². The highest BCUT2D eigenvalue weighted by atomic mass is 19.1. The van der Waals surface area contributed by atoms with Crippen LogP contribution in [0.15, 0.2) is 34.9 Å². The normalized spacial score (nSPS) is 12.4. The number of halogens is 1. The fraction of sp³-hybridized carbons (Fsp3) is 0.286. The number of rotatable bonds is 5. The first-order valence-corrected chi connectivity index (χ1v) is 5.99. The molecule has 5 heteroatoms. The van der Waals surface area contributed by atoms with Gasteiger partial charge in [0.15, 0.2) is 11.6 Å². The Morgan fingerprint density at radius 2 is 2.21 bits per heavy atom. The molecule has 0 aliphatic heterocycles. The summed E-state index contributed by atoms with van der Waals surface area (Å²) >= 11 is 0. The Morgan fingerprint density at radius 3 is 2.79 bits per heavy atom. The van der Waals surface area contributed by atoms with Gasteiger partial charge in [-0.25, -0.2) is 4.39 Å². The Hall–Kier alpha value is -1.85. The predicted octanol–water partition coefficient (Wildman–Crippen LogP) is 2.48. The zero-order valence-corrected chi connectivity index (χ0v) is 10.9. The van der Waals surface area contributed by atoms with E-state index < -0.39 is 0 Å². The van der Waals surface area contributed by atoms with E-state index in [1.807, 2.05) is 13.0 Å². The Balaban J connectivity index is 2.27. The van der Waals surface area contributed by atoms with Gasteiger partial charge in [-0.2, -0.15) is 0 Å². The van der Waals surface area contributed by atoms with Gasteiger partial charge < -0.3 is 9.15 Å². The lowest BCUT2D eigenvalue weighted by Crippen LogP contribution is -2.30. The van der Waals surface area contributed by atoms with Crippen molar-refractivity contribution in [1.29, 1.82) is 0 Å². The van der Waals surface area contributed by atoms with E-state index >= 15 is 0 Å². The highest BCUT2D eigenvalue weighted by molar-refractivity contribution is 5.33. The van der Waals surface area contributed by atoms with Crippen molar-refractivity contribution in [3.8, 4) is 5.75 Å². The van der Waals surface area contributed by atoms with Gasteiger partial charge >= 0.3 is 0 Å². The van der Waals surface area contributed by atoms with Gasteiger partial charge in [-0.1, -0.05) is 12.1 Å². The Labute approximate surface area is 111 Å². The molecule has 0 aliphatic carbocycles. The average Bonchev–Trinajstić information content (AvgIpc) is 2.84. The zero-order chi connectivity index (χ0) is 13.8. The van der Waals surface area contributed by atoms with E-state index in [1.165, 1.54) is 7.11 Å². The Morgan fingerprint density at radius 1 is 1.42 bits per heavy atom. The molecule has 2 rings (SSSR count). The number of hydrazine groups is 1. The highest BCUT2D eigenvalue weighted by Gasteiger charge is 2.18. The van der Waals surface area contributed by atoms with Gasteiger partial charge in [0.25, 0.3) is 0 Å². The van der Waals surface area contributed by atoms with Crippen LogP contribution in [0.3, 0.4) is 0 Å². The predicted molar refractivity (Wildman–Crippen MR) is 70.2 cm³/mol. The van der Waals surface area contributed by atoms with Gasteiger partial charge in [0.05, 0.1) is 19.4 Å². The summed E-state index contributed by atoms with van der Waals surface area (Å²) in [5, 5.41) is 0. The first-order valence-electron chi connectivity index (χ1n) is 5.99. The highest BCUT2D eigenvalue weighted by Crippen LogP contribution is 2.26. The molecular weight excluding hydrogens is 247 g/mol. The maximum absolute atomic E-state index is 14.1. The first-order chi connectivity index (χ1) is 9.17. The number of hydrogen-bond acceptors (Lipinski definition) is 4. The summed E-state index contributed by atoms with van der Waals surface area (Å²) in [6.45, 7) is 1.85. The Kier molecular flexibility index (Phi) is 4.19. The minimum Gasteiger partial charge on any atom is -0.494 e. The van der Waals surface area contributed by atoms with Gasteiger partial charge in [-0.3, -0.25) is 11.3 Å². The van der Waals surface area contributed by atoms with E-state index in [0.717, 1.165) is 11.3 Å². The molecule has 2 aromatic rings. The van der Waals surface area contributed by atoms with Gasteiger partial charge in [-0.15, -0.1) is 0 Å². The largest absolute Gasteiger partial charge is 0.494 e. The van der Waals surface area contributed by atoms with Crippen LogP contribution < -0.4 is 16.0 Å². The number of aryl methyl sites for hydroxylation is 1. The molecule has 1 aromatic carbocycles. The third-order valence-electron chi connectivity index (χ3n) is 3.16. The second-order valence-electron chi connectivity index (χ2n) is 4.29. The molecule has 0 amide bonds. The van der Waals surface area contributed by atoms with Crippen molar-refractivity contribution in [2.75, 3.05) is 7.11 Å². The van der Waals surface area contributed by atoms with E-state index in [1.54, 1.807) is 24.5 Å². The standard InChI is InChI=1S/C14H17FN2O2/c1-9-11(6-7-19-9)12(17-16)8-10-4-3-5-13(18-2)14(10)15/h3-7,12,17H,8,16H2,1-2H3. The molecule has 0 saturated carbocycles. The van der Waals surface area contributed by atoms with Crippen molar-refractivity contribution in [2.45, 2.75) is 19.4 Å². The lowest BCUT2D eigenvalue weighted by molar-refractivity contribution is 0.382. The summed E-state index contributed by atoms with van der Waals surface area (Å²) in [6.07, 6.45) is 2.01. The maximum atomic E-state index is 14.1. The summed E-state index contributed by atoms with van der Waals surface area (Å²) in [5.74, 6) is 6.20. The van der Waals surface area contributed by atoms with Crippen molar-refractivity contribution < 1.29 is 13.5 Å². The molecular formula is C14H17FN2O2. The van der Waals surface area contributed by atoms with Gasteiger partial charge in [0.1, 0.15) is 5.76 Å². The van der Waals surface area contributed by atoms with E-state index in [9.17, 15) is 4.39 Å². The van der Waals surface area contributed by atoms with Crippen LogP contribution in [-0.4, -0.2) is 7.11 Å². The number of ether oxygens (including phenoxy) is 1. The van der Waals surface area contributed by atoms with Gasteiger partial charge in [-0.05, 0) is 31.0 Å². The van der Waals surface area contributed by atoms with E-state index in [0.29, 0.717) is 12.0 Å². The van der Waals surface area contributed by atoms with Crippen LogP contribution in [0.4, 0.5) is 4.39 Å². The molecule has 0 spiro atoms. The number of methoxy groups -OCH3 is 1. The fourth-order valence-corrected chi connectivity index (χ4v) is 2.11. The molecule has 0 saturated heterocycles. The van der Waals surface area contributed by atoms with Crippen LogP contribution in [0.5, 0.6) is 5.75 Å². The molecule has 0 aliphatic rings. The summed E-state index contributed by atoms with van der Waals surface area (Å²) in [5.41, 5.74) is 4.16. The molecule has 0 bridgehead atoms. The third-order valence-corrected chi connectivity index (χ3v) is 3.16. The topological polar surface area (TPSA) is 60.4 Å². The molecule has 1 atom stereocenters. The molecule has 1 heterocycles. The van der Waals surface area contributed by atoms with Crippen molar-refractivity contribution >= 4 is 0 Å². The summed E-state index contributed by atoms with van der Waals surface area (Å²) in [4.78, 5) is 0. The minimum absolute atomic E-state index is 0.208. The number of benzene rings is 1. The van der Waals surface area contributed by atoms with Crippen LogP contribution in [0.25, 0.3) is 0 Å². The quantitative estimate of drug-likeness (QED) is 0.643. The zero-order valence-electron chi connectivity index (χ0n) is 10.9. The lowest BCUT2D eigenvalue weighted by atomic mass is 9.99. The number of nitrogens with one attached hydrogen (secondary N) is 1. The monoisotopic (exact) mass is 264 g/mol. The SMILES string of the molecule is COc1cccc(CC(NN)c2ccoc2C)c1F. The van der Waals surface area contributed by atoms with Crippen LogP contribution in [0.2, 0.25) is 0 Å². The maximum Gasteiger partial charge on any atom is 0.168 e. The molecule has 102 valence electrons. The number of hydrogen-bond donors (Lipinski definition) is 2. The smallest absolute Gasteiger partial charge is 0.168 e.